The fourth-order valence-corrected chi connectivity index (χ4v) is 3.04. The van der Waals surface area contributed by atoms with Gasteiger partial charge in [0.25, 0.3) is 0 Å². The lowest BCUT2D eigenvalue weighted by molar-refractivity contribution is -0.140. The van der Waals surface area contributed by atoms with Crippen molar-refractivity contribution in [2.75, 3.05) is 7.11 Å². The van der Waals surface area contributed by atoms with Crippen molar-refractivity contribution in [3.63, 3.8) is 0 Å². The second-order valence-corrected chi connectivity index (χ2v) is 6.35. The maximum atomic E-state index is 11.6. The van der Waals surface area contributed by atoms with Crippen molar-refractivity contribution in [2.24, 2.45) is 5.11 Å². The first-order valence-corrected chi connectivity index (χ1v) is 8.42. The zero-order valence-electron chi connectivity index (χ0n) is 13.6. The van der Waals surface area contributed by atoms with Gasteiger partial charge in [0.15, 0.2) is 0 Å². The average Bonchev–Trinajstić information content (AvgIpc) is 2.61. The quantitative estimate of drug-likeness (QED) is 0.253. The fraction of sp³-hybridized carbons (Fsp3) is 0.278. The van der Waals surface area contributed by atoms with Gasteiger partial charge in [0.1, 0.15) is 0 Å². The number of nitrogens with zero attached hydrogens (tertiary/aromatic N) is 3. The summed E-state index contributed by atoms with van der Waals surface area (Å²) in [6.07, 6.45) is 0.665. The van der Waals surface area contributed by atoms with E-state index < -0.39 is 6.04 Å². The fourth-order valence-electron chi connectivity index (χ4n) is 2.71. The van der Waals surface area contributed by atoms with Crippen LogP contribution in [0.3, 0.4) is 0 Å². The van der Waals surface area contributed by atoms with Gasteiger partial charge in [0, 0.05) is 21.4 Å². The number of rotatable bonds is 7. The predicted octanol–water partition coefficient (Wildman–Crippen LogP) is 6.08. The van der Waals surface area contributed by atoms with E-state index in [9.17, 15) is 4.79 Å². The van der Waals surface area contributed by atoms with E-state index in [1.165, 1.54) is 7.11 Å². The number of azide groups is 1. The van der Waals surface area contributed by atoms with Gasteiger partial charge in [0.2, 0.25) is 0 Å². The van der Waals surface area contributed by atoms with E-state index in [1.807, 2.05) is 30.3 Å². The molecule has 0 bridgehead atoms. The minimum absolute atomic E-state index is 0.207. The first kappa shape index (κ1) is 19.1. The van der Waals surface area contributed by atoms with E-state index >= 15 is 0 Å². The van der Waals surface area contributed by atoms with Gasteiger partial charge in [-0.1, -0.05) is 52.6 Å². The molecule has 0 aliphatic carbocycles. The van der Waals surface area contributed by atoms with Crippen LogP contribution in [0.2, 0.25) is 10.0 Å². The van der Waals surface area contributed by atoms with Gasteiger partial charge >= 0.3 is 5.97 Å². The molecule has 2 aromatic rings. The molecule has 0 saturated heterocycles. The summed E-state index contributed by atoms with van der Waals surface area (Å²) in [5.74, 6) is -0.544. The van der Waals surface area contributed by atoms with Crippen LogP contribution in [0.25, 0.3) is 10.4 Å². The van der Waals surface area contributed by atoms with Gasteiger partial charge in [-0.05, 0) is 53.3 Å². The molecule has 0 heterocycles. The first-order chi connectivity index (χ1) is 12.0. The van der Waals surface area contributed by atoms with E-state index in [0.717, 1.165) is 11.1 Å². The molecule has 0 radical (unpaired) electrons. The first-order valence-electron chi connectivity index (χ1n) is 7.67. The molecule has 25 heavy (non-hydrogen) atoms. The molecule has 7 heteroatoms. The largest absolute Gasteiger partial charge is 0.469 e. The minimum Gasteiger partial charge on any atom is -0.469 e. The van der Waals surface area contributed by atoms with Crippen LogP contribution in [0.15, 0.2) is 53.6 Å². The molecule has 0 amide bonds. The van der Waals surface area contributed by atoms with Crippen LogP contribution in [0, 0.1) is 0 Å². The van der Waals surface area contributed by atoms with Crippen LogP contribution >= 0.6 is 23.2 Å². The van der Waals surface area contributed by atoms with Gasteiger partial charge in [-0.3, -0.25) is 4.79 Å². The summed E-state index contributed by atoms with van der Waals surface area (Å²) >= 11 is 12.1. The van der Waals surface area contributed by atoms with Gasteiger partial charge in [0.05, 0.1) is 13.2 Å². The number of benzene rings is 2. The molecular formula is C18H17Cl2N3O2. The van der Waals surface area contributed by atoms with Crippen LogP contribution in [0.1, 0.15) is 35.9 Å². The Morgan fingerprint density at radius 3 is 2.48 bits per heavy atom. The predicted molar refractivity (Wildman–Crippen MR) is 98.8 cm³/mol. The molecule has 1 unspecified atom stereocenters. The van der Waals surface area contributed by atoms with Crippen LogP contribution in [-0.4, -0.2) is 13.1 Å². The maximum Gasteiger partial charge on any atom is 0.305 e. The van der Waals surface area contributed by atoms with Gasteiger partial charge in [-0.2, -0.15) is 0 Å². The molecule has 2 aromatic carbocycles. The standard InChI is InChI=1S/C18H17Cl2N3O2/c1-25-17(24)10-9-16(13-3-2-4-15(20)11-13)18(22-23-21)12-5-7-14(19)8-6-12/h2-8,11,16,18H,9-10H2,1H3/t16?,18-/m1/s1. The third kappa shape index (κ3) is 5.40. The Balaban J connectivity index is 2.43. The van der Waals surface area contributed by atoms with E-state index in [4.69, 9.17) is 33.5 Å². The molecule has 0 N–H and O–H groups in total. The zero-order valence-corrected chi connectivity index (χ0v) is 15.1. The molecule has 0 aliphatic rings. The number of esters is 1. The summed E-state index contributed by atoms with van der Waals surface area (Å²) in [6.45, 7) is 0. The SMILES string of the molecule is COC(=O)CCC(c1cccc(Cl)c1)[C@H](N=[N+]=[N-])c1ccc(Cl)cc1. The van der Waals surface area contributed by atoms with Crippen LogP contribution in [-0.2, 0) is 9.53 Å². The number of carbonyl (C=O) groups is 1. The van der Waals surface area contributed by atoms with E-state index in [-0.39, 0.29) is 18.3 Å². The molecule has 130 valence electrons. The summed E-state index contributed by atoms with van der Waals surface area (Å²) in [5, 5.41) is 5.15. The minimum atomic E-state index is -0.495. The van der Waals surface area contributed by atoms with Crippen LogP contribution in [0.4, 0.5) is 0 Å². The average molecular weight is 378 g/mol. The van der Waals surface area contributed by atoms with Gasteiger partial charge in [-0.15, -0.1) is 0 Å². The highest BCUT2D eigenvalue weighted by atomic mass is 35.5. The summed E-state index contributed by atoms with van der Waals surface area (Å²) in [5.41, 5.74) is 10.8. The molecular weight excluding hydrogens is 361 g/mol. The Hall–Kier alpha value is -2.20. The number of methoxy groups -OCH3 is 1. The number of ether oxygens (including phenoxy) is 1. The highest BCUT2D eigenvalue weighted by Crippen LogP contribution is 2.39. The van der Waals surface area contributed by atoms with Gasteiger partial charge < -0.3 is 4.74 Å². The van der Waals surface area contributed by atoms with E-state index in [0.29, 0.717) is 16.5 Å². The normalized spacial score (nSPS) is 12.8. The Morgan fingerprint density at radius 2 is 1.88 bits per heavy atom. The summed E-state index contributed by atoms with van der Waals surface area (Å²) < 4.78 is 4.74. The lowest BCUT2D eigenvalue weighted by atomic mass is 9.84. The third-order valence-corrected chi connectivity index (χ3v) is 4.42. The monoisotopic (exact) mass is 377 g/mol. The molecule has 2 atom stereocenters. The zero-order chi connectivity index (χ0) is 18.2. The highest BCUT2D eigenvalue weighted by molar-refractivity contribution is 6.30. The second-order valence-electron chi connectivity index (χ2n) is 5.48. The number of hydrogen-bond acceptors (Lipinski definition) is 3. The van der Waals surface area contributed by atoms with Gasteiger partial charge in [-0.25, -0.2) is 0 Å². The molecule has 0 fully saturated rings. The lowest BCUT2D eigenvalue weighted by Crippen LogP contribution is -2.12. The second kappa shape index (κ2) is 9.33. The summed E-state index contributed by atoms with van der Waals surface area (Å²) in [4.78, 5) is 14.6. The Labute approximate surface area is 156 Å². The van der Waals surface area contributed by atoms with E-state index in [2.05, 4.69) is 10.0 Å². The van der Waals surface area contributed by atoms with Crippen molar-refractivity contribution >= 4 is 29.2 Å². The Bertz CT molecular complexity index is 774. The van der Waals surface area contributed by atoms with Crippen molar-refractivity contribution in [1.82, 2.24) is 0 Å². The van der Waals surface area contributed by atoms with Crippen molar-refractivity contribution in [2.45, 2.75) is 24.8 Å². The number of hydrogen-bond donors (Lipinski definition) is 0. The summed E-state index contributed by atoms with van der Waals surface area (Å²) in [7, 11) is 1.35. The maximum absolute atomic E-state index is 11.6. The van der Waals surface area contributed by atoms with Crippen molar-refractivity contribution in [1.29, 1.82) is 0 Å². The Morgan fingerprint density at radius 1 is 1.16 bits per heavy atom. The molecule has 0 spiro atoms. The summed E-state index contributed by atoms with van der Waals surface area (Å²) in [6, 6.07) is 14.0. The lowest BCUT2D eigenvalue weighted by Gasteiger charge is -2.24. The molecule has 0 aromatic heterocycles. The van der Waals surface area contributed by atoms with Crippen molar-refractivity contribution < 1.29 is 9.53 Å². The molecule has 0 aliphatic heterocycles. The van der Waals surface area contributed by atoms with Crippen molar-refractivity contribution in [3.8, 4) is 0 Å². The van der Waals surface area contributed by atoms with Crippen LogP contribution in [0.5, 0.6) is 0 Å². The number of halogens is 2. The molecule has 0 saturated carbocycles. The van der Waals surface area contributed by atoms with Crippen LogP contribution < -0.4 is 0 Å². The third-order valence-electron chi connectivity index (χ3n) is 3.93. The van der Waals surface area contributed by atoms with E-state index in [1.54, 1.807) is 18.2 Å². The topological polar surface area (TPSA) is 75.1 Å². The smallest absolute Gasteiger partial charge is 0.305 e. The highest BCUT2D eigenvalue weighted by Gasteiger charge is 2.25. The Kier molecular flexibility index (Phi) is 7.14. The molecule has 2 rings (SSSR count). The molecule has 5 nitrogen and oxygen atoms in total. The number of carbonyl (C=O) groups excluding carboxylic acids is 1. The van der Waals surface area contributed by atoms with Crippen molar-refractivity contribution in [3.05, 3.63) is 80.1 Å².